The monoisotopic (exact) mass is 155 g/mol. The molecule has 66 valence electrons. The standard InChI is InChI=1S/C10H21N/c1-4-10(9(2)3)11-7-5-6-8-11/h9-10H,4-8H2,1-3H3/t10-/m1/s1. The van der Waals surface area contributed by atoms with Crippen molar-refractivity contribution in [2.45, 2.75) is 46.1 Å². The van der Waals surface area contributed by atoms with Crippen molar-refractivity contribution < 1.29 is 0 Å². The Bertz CT molecular complexity index is 103. The summed E-state index contributed by atoms with van der Waals surface area (Å²) >= 11 is 0. The lowest BCUT2D eigenvalue weighted by molar-refractivity contribution is 0.186. The molecule has 0 spiro atoms. The van der Waals surface area contributed by atoms with Gasteiger partial charge in [-0.2, -0.15) is 0 Å². The quantitative estimate of drug-likeness (QED) is 0.605. The maximum absolute atomic E-state index is 2.66. The lowest BCUT2D eigenvalue weighted by atomic mass is 10.0. The van der Waals surface area contributed by atoms with Crippen molar-refractivity contribution in [3.63, 3.8) is 0 Å². The zero-order valence-corrected chi connectivity index (χ0v) is 8.14. The second-order valence-corrected chi connectivity index (χ2v) is 3.96. The van der Waals surface area contributed by atoms with Crippen LogP contribution >= 0.6 is 0 Å². The van der Waals surface area contributed by atoms with Crippen LogP contribution < -0.4 is 0 Å². The van der Waals surface area contributed by atoms with Gasteiger partial charge in [0, 0.05) is 6.04 Å². The van der Waals surface area contributed by atoms with Crippen molar-refractivity contribution in [3.8, 4) is 0 Å². The van der Waals surface area contributed by atoms with E-state index in [1.54, 1.807) is 0 Å². The number of hydrogen-bond acceptors (Lipinski definition) is 1. The molecule has 0 aromatic carbocycles. The van der Waals surface area contributed by atoms with Gasteiger partial charge in [-0.3, -0.25) is 0 Å². The summed E-state index contributed by atoms with van der Waals surface area (Å²) in [4.78, 5) is 2.66. The van der Waals surface area contributed by atoms with Gasteiger partial charge in [-0.15, -0.1) is 0 Å². The van der Waals surface area contributed by atoms with Crippen molar-refractivity contribution in [1.82, 2.24) is 4.90 Å². The molecule has 1 aliphatic heterocycles. The van der Waals surface area contributed by atoms with Gasteiger partial charge in [0.1, 0.15) is 0 Å². The number of nitrogens with zero attached hydrogens (tertiary/aromatic N) is 1. The molecule has 0 bridgehead atoms. The fourth-order valence-corrected chi connectivity index (χ4v) is 2.22. The minimum absolute atomic E-state index is 0.832. The van der Waals surface area contributed by atoms with E-state index in [1.165, 1.54) is 32.4 Å². The van der Waals surface area contributed by atoms with Crippen LogP contribution in [0.1, 0.15) is 40.0 Å². The molecule has 1 atom stereocenters. The van der Waals surface area contributed by atoms with E-state index in [-0.39, 0.29) is 0 Å². The summed E-state index contributed by atoms with van der Waals surface area (Å²) in [6.45, 7) is 9.68. The van der Waals surface area contributed by atoms with E-state index >= 15 is 0 Å². The van der Waals surface area contributed by atoms with Gasteiger partial charge in [-0.1, -0.05) is 20.8 Å². The van der Waals surface area contributed by atoms with Gasteiger partial charge in [0.2, 0.25) is 0 Å². The average Bonchev–Trinajstić information content (AvgIpc) is 2.40. The summed E-state index contributed by atoms with van der Waals surface area (Å²) in [5.41, 5.74) is 0. The van der Waals surface area contributed by atoms with Crippen LogP contribution in [0.15, 0.2) is 0 Å². The first-order valence-electron chi connectivity index (χ1n) is 4.99. The second kappa shape index (κ2) is 4.10. The molecule has 1 heterocycles. The Balaban J connectivity index is 2.40. The molecule has 1 fully saturated rings. The molecule has 0 amide bonds. The van der Waals surface area contributed by atoms with Gasteiger partial charge >= 0.3 is 0 Å². The lowest BCUT2D eigenvalue weighted by Crippen LogP contribution is -2.36. The minimum atomic E-state index is 0.832. The fourth-order valence-electron chi connectivity index (χ4n) is 2.22. The normalized spacial score (nSPS) is 22.9. The molecule has 1 aliphatic rings. The molecule has 1 rings (SSSR count). The van der Waals surface area contributed by atoms with Crippen LogP contribution in [0.5, 0.6) is 0 Å². The van der Waals surface area contributed by atoms with Crippen LogP contribution in [0, 0.1) is 5.92 Å². The molecule has 0 aromatic heterocycles. The van der Waals surface area contributed by atoms with E-state index in [2.05, 4.69) is 25.7 Å². The summed E-state index contributed by atoms with van der Waals surface area (Å²) in [5, 5.41) is 0. The molecule has 0 aliphatic carbocycles. The van der Waals surface area contributed by atoms with Crippen LogP contribution in [-0.4, -0.2) is 24.0 Å². The van der Waals surface area contributed by atoms with E-state index in [0.29, 0.717) is 0 Å². The van der Waals surface area contributed by atoms with Crippen molar-refractivity contribution in [2.75, 3.05) is 13.1 Å². The predicted octanol–water partition coefficient (Wildman–Crippen LogP) is 2.52. The molecule has 11 heavy (non-hydrogen) atoms. The predicted molar refractivity (Wildman–Crippen MR) is 49.7 cm³/mol. The molecule has 1 saturated heterocycles. The summed E-state index contributed by atoms with van der Waals surface area (Å²) < 4.78 is 0. The molecule has 0 saturated carbocycles. The SMILES string of the molecule is CC[C@H](C(C)C)N1CCCC1. The third-order valence-corrected chi connectivity index (χ3v) is 2.80. The first-order chi connectivity index (χ1) is 5.25. The van der Waals surface area contributed by atoms with E-state index < -0.39 is 0 Å². The highest BCUT2D eigenvalue weighted by atomic mass is 15.2. The van der Waals surface area contributed by atoms with Gasteiger partial charge in [0.05, 0.1) is 0 Å². The van der Waals surface area contributed by atoms with Crippen molar-refractivity contribution in [1.29, 1.82) is 0 Å². The van der Waals surface area contributed by atoms with E-state index in [0.717, 1.165) is 12.0 Å². The third-order valence-electron chi connectivity index (χ3n) is 2.80. The minimum Gasteiger partial charge on any atom is -0.300 e. The highest BCUT2D eigenvalue weighted by molar-refractivity contribution is 4.77. The van der Waals surface area contributed by atoms with Gasteiger partial charge in [-0.05, 0) is 38.3 Å². The molecule has 0 aromatic rings. The molecule has 0 N–H and O–H groups in total. The Hall–Kier alpha value is -0.0400. The van der Waals surface area contributed by atoms with Crippen molar-refractivity contribution in [2.24, 2.45) is 5.92 Å². The second-order valence-electron chi connectivity index (χ2n) is 3.96. The Morgan fingerprint density at radius 1 is 1.18 bits per heavy atom. The van der Waals surface area contributed by atoms with Crippen molar-refractivity contribution >= 4 is 0 Å². The van der Waals surface area contributed by atoms with Gasteiger partial charge in [0.25, 0.3) is 0 Å². The van der Waals surface area contributed by atoms with Crippen molar-refractivity contribution in [3.05, 3.63) is 0 Å². The van der Waals surface area contributed by atoms with Crippen LogP contribution in [0.2, 0.25) is 0 Å². The van der Waals surface area contributed by atoms with Crippen LogP contribution in [-0.2, 0) is 0 Å². The largest absolute Gasteiger partial charge is 0.300 e. The third kappa shape index (κ3) is 2.19. The summed E-state index contributed by atoms with van der Waals surface area (Å²) in [6, 6.07) is 0.845. The maximum atomic E-state index is 2.66. The van der Waals surface area contributed by atoms with E-state index in [1.807, 2.05) is 0 Å². The molecular weight excluding hydrogens is 134 g/mol. The van der Waals surface area contributed by atoms with E-state index in [9.17, 15) is 0 Å². The number of rotatable bonds is 3. The molecule has 0 radical (unpaired) electrons. The molecular formula is C10H21N. The Kier molecular flexibility index (Phi) is 3.38. The maximum Gasteiger partial charge on any atom is 0.0116 e. The Morgan fingerprint density at radius 2 is 1.73 bits per heavy atom. The Morgan fingerprint density at radius 3 is 2.09 bits per heavy atom. The first-order valence-corrected chi connectivity index (χ1v) is 4.99. The smallest absolute Gasteiger partial charge is 0.0116 e. The zero-order valence-electron chi connectivity index (χ0n) is 8.14. The highest BCUT2D eigenvalue weighted by Crippen LogP contribution is 2.19. The number of hydrogen-bond donors (Lipinski definition) is 0. The molecule has 1 nitrogen and oxygen atoms in total. The van der Waals surface area contributed by atoms with Gasteiger partial charge in [-0.25, -0.2) is 0 Å². The zero-order chi connectivity index (χ0) is 8.27. The summed E-state index contributed by atoms with van der Waals surface area (Å²) in [6.07, 6.45) is 4.16. The number of likely N-dealkylation sites (tertiary alicyclic amines) is 1. The Labute approximate surface area is 70.8 Å². The van der Waals surface area contributed by atoms with Crippen LogP contribution in [0.3, 0.4) is 0 Å². The summed E-state index contributed by atoms with van der Waals surface area (Å²) in [7, 11) is 0. The average molecular weight is 155 g/mol. The first kappa shape index (κ1) is 9.05. The molecule has 0 unspecified atom stereocenters. The molecule has 1 heteroatoms. The highest BCUT2D eigenvalue weighted by Gasteiger charge is 2.22. The van der Waals surface area contributed by atoms with E-state index in [4.69, 9.17) is 0 Å². The summed E-state index contributed by atoms with van der Waals surface area (Å²) in [5.74, 6) is 0.832. The lowest BCUT2D eigenvalue weighted by Gasteiger charge is -2.29. The van der Waals surface area contributed by atoms with Gasteiger partial charge in [0.15, 0.2) is 0 Å². The van der Waals surface area contributed by atoms with Crippen LogP contribution in [0.25, 0.3) is 0 Å². The topological polar surface area (TPSA) is 3.24 Å². The fraction of sp³-hybridized carbons (Fsp3) is 1.00. The van der Waals surface area contributed by atoms with Crippen LogP contribution in [0.4, 0.5) is 0 Å². The van der Waals surface area contributed by atoms with Gasteiger partial charge < -0.3 is 4.90 Å².